The molecule has 1 N–H and O–H groups in total. The van der Waals surface area contributed by atoms with Crippen molar-refractivity contribution >= 4 is 17.6 Å². The third-order valence-corrected chi connectivity index (χ3v) is 6.45. The summed E-state index contributed by atoms with van der Waals surface area (Å²) in [6.07, 6.45) is 0.675. The van der Waals surface area contributed by atoms with E-state index in [2.05, 4.69) is 10.2 Å². The number of nitrogens with one attached hydrogen (secondary N) is 1. The average Bonchev–Trinajstić information content (AvgIpc) is 3.34. The highest BCUT2D eigenvalue weighted by Crippen LogP contribution is 2.16. The lowest BCUT2D eigenvalue weighted by Gasteiger charge is -2.30. The van der Waals surface area contributed by atoms with Crippen molar-refractivity contribution in [3.8, 4) is 0 Å². The molecule has 8 nitrogen and oxygen atoms in total. The van der Waals surface area contributed by atoms with E-state index in [1.165, 1.54) is 17.0 Å². The Kier molecular flexibility index (Phi) is 9.89. The van der Waals surface area contributed by atoms with Crippen molar-refractivity contribution in [2.75, 3.05) is 51.3 Å². The van der Waals surface area contributed by atoms with Crippen molar-refractivity contribution in [2.45, 2.75) is 26.4 Å². The number of carbonyl (C=O) groups is 2. The highest BCUT2D eigenvalue weighted by atomic mass is 19.1. The van der Waals surface area contributed by atoms with Gasteiger partial charge in [0, 0.05) is 32.7 Å². The first kappa shape index (κ1) is 27.3. The zero-order valence-corrected chi connectivity index (χ0v) is 21.8. The lowest BCUT2D eigenvalue weighted by molar-refractivity contribution is -0.133. The van der Waals surface area contributed by atoms with Crippen LogP contribution in [-0.2, 0) is 22.6 Å². The number of benzene rings is 2. The van der Waals surface area contributed by atoms with Gasteiger partial charge in [-0.2, -0.15) is 0 Å². The number of anilines is 1. The first-order chi connectivity index (χ1) is 18.5. The summed E-state index contributed by atoms with van der Waals surface area (Å²) >= 11 is 0. The minimum absolute atomic E-state index is 0.0790. The average molecular weight is 523 g/mol. The number of halogens is 1. The van der Waals surface area contributed by atoms with Crippen LogP contribution in [0.1, 0.15) is 23.5 Å². The quantitative estimate of drug-likeness (QED) is 0.401. The van der Waals surface area contributed by atoms with Gasteiger partial charge in [0.25, 0.3) is 0 Å². The summed E-state index contributed by atoms with van der Waals surface area (Å²) in [6, 6.07) is 18.9. The van der Waals surface area contributed by atoms with E-state index in [0.29, 0.717) is 38.5 Å². The van der Waals surface area contributed by atoms with E-state index in [0.717, 1.165) is 31.0 Å². The predicted molar refractivity (Wildman–Crippen MR) is 143 cm³/mol. The number of morpholine rings is 1. The predicted octanol–water partition coefficient (Wildman–Crippen LogP) is 4.51. The van der Waals surface area contributed by atoms with E-state index < -0.39 is 11.8 Å². The van der Waals surface area contributed by atoms with Crippen LogP contribution in [0.3, 0.4) is 0 Å². The molecule has 0 saturated carbocycles. The van der Waals surface area contributed by atoms with E-state index in [4.69, 9.17) is 9.15 Å². The van der Waals surface area contributed by atoms with Crippen LogP contribution in [0.25, 0.3) is 0 Å². The molecule has 1 fully saturated rings. The molecule has 0 bridgehead atoms. The summed E-state index contributed by atoms with van der Waals surface area (Å²) in [5.74, 6) is 0.680. The Morgan fingerprint density at radius 3 is 2.39 bits per heavy atom. The Hall–Kier alpha value is -3.69. The van der Waals surface area contributed by atoms with Crippen molar-refractivity contribution in [3.05, 3.63) is 89.6 Å². The van der Waals surface area contributed by atoms with Crippen molar-refractivity contribution < 1.29 is 23.1 Å². The number of furan rings is 1. The maximum Gasteiger partial charge on any atom is 0.322 e. The van der Waals surface area contributed by atoms with E-state index in [9.17, 15) is 14.0 Å². The minimum Gasteiger partial charge on any atom is -0.464 e. The first-order valence-electron chi connectivity index (χ1n) is 13.0. The van der Waals surface area contributed by atoms with Gasteiger partial charge in [0.1, 0.15) is 23.9 Å². The molecule has 1 aromatic heterocycles. The van der Waals surface area contributed by atoms with Crippen molar-refractivity contribution in [3.63, 3.8) is 0 Å². The molecule has 3 amide bonds. The number of carbonyl (C=O) groups excluding carboxylic acids is 2. The second-order valence-corrected chi connectivity index (χ2v) is 9.39. The molecule has 0 unspecified atom stereocenters. The fourth-order valence-electron chi connectivity index (χ4n) is 4.38. The molecular weight excluding hydrogens is 487 g/mol. The molecule has 3 aromatic rings. The molecule has 0 radical (unpaired) electrons. The van der Waals surface area contributed by atoms with Crippen molar-refractivity contribution in [1.29, 1.82) is 0 Å². The summed E-state index contributed by atoms with van der Waals surface area (Å²) in [4.78, 5) is 32.3. The van der Waals surface area contributed by atoms with Gasteiger partial charge in [-0.3, -0.25) is 9.69 Å². The Bertz CT molecular complexity index is 1180. The molecule has 9 heteroatoms. The number of hydrogen-bond acceptors (Lipinski definition) is 5. The Labute approximate surface area is 223 Å². The van der Waals surface area contributed by atoms with Crippen LogP contribution in [0, 0.1) is 12.7 Å². The SMILES string of the molecule is Cc1ccc(CN(Cc2ccccc2)C(=O)CN(CCCN2CCOCC2)C(=O)Nc2ccccc2F)o1. The number of para-hydroxylation sites is 1. The minimum atomic E-state index is -0.528. The van der Waals surface area contributed by atoms with Crippen LogP contribution >= 0.6 is 0 Å². The molecule has 0 atom stereocenters. The largest absolute Gasteiger partial charge is 0.464 e. The van der Waals surface area contributed by atoms with Gasteiger partial charge >= 0.3 is 6.03 Å². The van der Waals surface area contributed by atoms with Crippen LogP contribution in [0.5, 0.6) is 0 Å². The number of aryl methyl sites for hydroxylation is 1. The monoisotopic (exact) mass is 522 g/mol. The van der Waals surface area contributed by atoms with Gasteiger partial charge < -0.3 is 24.3 Å². The zero-order valence-electron chi connectivity index (χ0n) is 21.8. The zero-order chi connectivity index (χ0) is 26.7. The fraction of sp³-hybridized carbons (Fsp3) is 0.379. The maximum absolute atomic E-state index is 14.2. The molecule has 2 heterocycles. The van der Waals surface area contributed by atoms with Gasteiger partial charge in [-0.1, -0.05) is 42.5 Å². The standard InChI is InChI=1S/C29H35FN4O4/c1-23-12-13-25(38-23)21-34(20-24-8-3-2-4-9-24)28(35)22-33(15-7-14-32-16-18-37-19-17-32)29(36)31-27-11-6-5-10-26(27)30/h2-6,8-13H,7,14-22H2,1H3,(H,31,36). The second-order valence-electron chi connectivity index (χ2n) is 9.39. The van der Waals surface area contributed by atoms with Gasteiger partial charge in [0.05, 0.1) is 25.4 Å². The number of hydrogen-bond donors (Lipinski definition) is 1. The Morgan fingerprint density at radius 2 is 1.68 bits per heavy atom. The first-order valence-corrected chi connectivity index (χ1v) is 13.0. The van der Waals surface area contributed by atoms with Gasteiger partial charge in [-0.15, -0.1) is 0 Å². The summed E-state index contributed by atoms with van der Waals surface area (Å²) in [7, 11) is 0. The van der Waals surface area contributed by atoms with Crippen molar-refractivity contribution in [2.24, 2.45) is 0 Å². The number of ether oxygens (including phenoxy) is 1. The van der Waals surface area contributed by atoms with Crippen LogP contribution in [0.2, 0.25) is 0 Å². The molecular formula is C29H35FN4O4. The fourth-order valence-corrected chi connectivity index (χ4v) is 4.38. The van der Waals surface area contributed by atoms with Crippen LogP contribution in [0.15, 0.2) is 71.1 Å². The third kappa shape index (κ3) is 8.16. The maximum atomic E-state index is 14.2. The summed E-state index contributed by atoms with van der Waals surface area (Å²) in [6.45, 7) is 6.55. The molecule has 1 saturated heterocycles. The lowest BCUT2D eigenvalue weighted by atomic mass is 10.2. The number of nitrogens with zero attached hydrogens (tertiary/aromatic N) is 3. The highest BCUT2D eigenvalue weighted by molar-refractivity contribution is 5.92. The van der Waals surface area contributed by atoms with Crippen molar-refractivity contribution in [1.82, 2.24) is 14.7 Å². The lowest BCUT2D eigenvalue weighted by Crippen LogP contribution is -2.45. The van der Waals surface area contributed by atoms with Gasteiger partial charge in [0.2, 0.25) is 5.91 Å². The van der Waals surface area contributed by atoms with Gasteiger partial charge in [-0.25, -0.2) is 9.18 Å². The molecule has 202 valence electrons. The molecule has 0 aliphatic carbocycles. The molecule has 1 aliphatic rings. The van der Waals surface area contributed by atoms with Gasteiger partial charge in [-0.05, 0) is 43.2 Å². The van der Waals surface area contributed by atoms with E-state index in [1.807, 2.05) is 49.4 Å². The summed E-state index contributed by atoms with van der Waals surface area (Å²) in [5.41, 5.74) is 1.05. The van der Waals surface area contributed by atoms with Gasteiger partial charge in [0.15, 0.2) is 0 Å². The number of urea groups is 1. The molecule has 1 aliphatic heterocycles. The summed E-state index contributed by atoms with van der Waals surface area (Å²) < 4.78 is 25.4. The Morgan fingerprint density at radius 1 is 0.947 bits per heavy atom. The molecule has 4 rings (SSSR count). The molecule has 0 spiro atoms. The van der Waals surface area contributed by atoms with E-state index in [1.54, 1.807) is 17.0 Å². The summed E-state index contributed by atoms with van der Waals surface area (Å²) in [5, 5.41) is 2.63. The third-order valence-electron chi connectivity index (χ3n) is 6.45. The van der Waals surface area contributed by atoms with E-state index >= 15 is 0 Å². The van der Waals surface area contributed by atoms with Crippen LogP contribution in [0.4, 0.5) is 14.9 Å². The normalized spacial score (nSPS) is 13.7. The highest BCUT2D eigenvalue weighted by Gasteiger charge is 2.24. The number of rotatable bonds is 11. The topological polar surface area (TPSA) is 78.3 Å². The molecule has 2 aromatic carbocycles. The number of amides is 3. The smallest absolute Gasteiger partial charge is 0.322 e. The van der Waals surface area contributed by atoms with Crippen LogP contribution in [-0.4, -0.2) is 72.6 Å². The molecule has 38 heavy (non-hydrogen) atoms. The van der Waals surface area contributed by atoms with E-state index in [-0.39, 0.29) is 24.7 Å². The second kappa shape index (κ2) is 13.7. The Balaban J connectivity index is 1.47. The van der Waals surface area contributed by atoms with Crippen LogP contribution < -0.4 is 5.32 Å².